The summed E-state index contributed by atoms with van der Waals surface area (Å²) in [7, 11) is 1.44. The lowest BCUT2D eigenvalue weighted by Crippen LogP contribution is -2.32. The number of carbonyl (C=O) groups is 1. The molecule has 4 heteroatoms. The van der Waals surface area contributed by atoms with E-state index in [2.05, 4.69) is 21.2 Å². The molecule has 0 radical (unpaired) electrons. The summed E-state index contributed by atoms with van der Waals surface area (Å²) in [4.78, 5) is 11.7. The van der Waals surface area contributed by atoms with Crippen LogP contribution >= 0.6 is 15.9 Å². The number of hydrogen-bond donors (Lipinski definition) is 1. The van der Waals surface area contributed by atoms with Crippen LogP contribution in [0.4, 0.5) is 5.69 Å². The average Bonchev–Trinajstić information content (AvgIpc) is 3.14. The molecular formula is C13H16BrNO2. The highest BCUT2D eigenvalue weighted by Gasteiger charge is 2.37. The number of ether oxygens (including phenoxy) is 1. The molecular weight excluding hydrogens is 282 g/mol. The van der Waals surface area contributed by atoms with Gasteiger partial charge in [0.15, 0.2) is 0 Å². The second-order valence-electron chi connectivity index (χ2n) is 4.42. The third-order valence-electron chi connectivity index (χ3n) is 3.05. The van der Waals surface area contributed by atoms with Crippen molar-refractivity contribution in [3.05, 3.63) is 28.2 Å². The van der Waals surface area contributed by atoms with Crippen LogP contribution in [0, 0.1) is 12.8 Å². The lowest BCUT2D eigenvalue weighted by molar-refractivity contribution is -0.142. The van der Waals surface area contributed by atoms with Gasteiger partial charge in [-0.1, -0.05) is 12.1 Å². The zero-order chi connectivity index (χ0) is 12.4. The molecule has 17 heavy (non-hydrogen) atoms. The first kappa shape index (κ1) is 12.4. The summed E-state index contributed by atoms with van der Waals surface area (Å²) in [5, 5.41) is 3.28. The molecule has 0 amide bonds. The Kier molecular flexibility index (Phi) is 3.72. The van der Waals surface area contributed by atoms with Crippen molar-refractivity contribution >= 4 is 27.6 Å². The van der Waals surface area contributed by atoms with Crippen molar-refractivity contribution in [1.29, 1.82) is 0 Å². The fourth-order valence-electron chi connectivity index (χ4n) is 1.85. The molecule has 1 aliphatic rings. The highest BCUT2D eigenvalue weighted by Crippen LogP contribution is 2.36. The first-order valence-electron chi connectivity index (χ1n) is 5.73. The fraction of sp³-hybridized carbons (Fsp3) is 0.462. The molecule has 1 aliphatic carbocycles. The molecule has 0 bridgehead atoms. The summed E-state index contributed by atoms with van der Waals surface area (Å²) in [5.74, 6) is 0.232. The smallest absolute Gasteiger partial charge is 0.328 e. The fourth-order valence-corrected chi connectivity index (χ4v) is 2.23. The zero-order valence-corrected chi connectivity index (χ0v) is 11.6. The maximum Gasteiger partial charge on any atom is 0.328 e. The van der Waals surface area contributed by atoms with Crippen LogP contribution in [0.25, 0.3) is 0 Å². The van der Waals surface area contributed by atoms with E-state index in [1.165, 1.54) is 7.11 Å². The van der Waals surface area contributed by atoms with Gasteiger partial charge in [-0.2, -0.15) is 0 Å². The first-order valence-corrected chi connectivity index (χ1v) is 6.52. The number of esters is 1. The number of carbonyl (C=O) groups excluding carboxylic acids is 1. The van der Waals surface area contributed by atoms with E-state index >= 15 is 0 Å². The van der Waals surface area contributed by atoms with Gasteiger partial charge < -0.3 is 10.1 Å². The number of rotatable bonds is 4. The Balaban J connectivity index is 2.17. The molecule has 0 spiro atoms. The Morgan fingerprint density at radius 3 is 2.82 bits per heavy atom. The summed E-state index contributed by atoms with van der Waals surface area (Å²) in [6.07, 6.45) is 2.19. The highest BCUT2D eigenvalue weighted by atomic mass is 79.9. The molecule has 3 nitrogen and oxygen atoms in total. The van der Waals surface area contributed by atoms with E-state index in [4.69, 9.17) is 4.74 Å². The zero-order valence-electron chi connectivity index (χ0n) is 10.00. The summed E-state index contributed by atoms with van der Waals surface area (Å²) in [5.41, 5.74) is 2.10. The van der Waals surface area contributed by atoms with E-state index in [1.54, 1.807) is 0 Å². The lowest BCUT2D eigenvalue weighted by Gasteiger charge is -2.18. The van der Waals surface area contributed by atoms with Crippen LogP contribution in [0.5, 0.6) is 0 Å². The minimum Gasteiger partial charge on any atom is -0.467 e. The summed E-state index contributed by atoms with van der Waals surface area (Å²) in [6, 6.07) is 5.75. The molecule has 1 aromatic rings. The van der Waals surface area contributed by atoms with Crippen LogP contribution in [0.1, 0.15) is 18.4 Å². The Bertz CT molecular complexity index is 429. The molecule has 0 heterocycles. The third kappa shape index (κ3) is 2.80. The quantitative estimate of drug-likeness (QED) is 0.868. The van der Waals surface area contributed by atoms with Crippen molar-refractivity contribution < 1.29 is 9.53 Å². The van der Waals surface area contributed by atoms with Crippen molar-refractivity contribution in [2.24, 2.45) is 5.92 Å². The predicted molar refractivity (Wildman–Crippen MR) is 71.0 cm³/mol. The second kappa shape index (κ2) is 5.08. The molecule has 1 aromatic carbocycles. The van der Waals surface area contributed by atoms with Crippen LogP contribution in [-0.2, 0) is 9.53 Å². The normalized spacial score (nSPS) is 16.4. The Labute approximate surface area is 110 Å². The average molecular weight is 298 g/mol. The van der Waals surface area contributed by atoms with Gasteiger partial charge in [0.25, 0.3) is 0 Å². The molecule has 0 saturated heterocycles. The van der Waals surface area contributed by atoms with Crippen LogP contribution in [0.3, 0.4) is 0 Å². The molecule has 2 rings (SSSR count). The molecule has 0 aromatic heterocycles. The number of hydrogen-bond acceptors (Lipinski definition) is 3. The van der Waals surface area contributed by atoms with Crippen molar-refractivity contribution in [3.8, 4) is 0 Å². The minimum absolute atomic E-state index is 0.180. The highest BCUT2D eigenvalue weighted by molar-refractivity contribution is 9.10. The van der Waals surface area contributed by atoms with Gasteiger partial charge in [0.1, 0.15) is 6.04 Å². The molecule has 1 unspecified atom stereocenters. The molecule has 92 valence electrons. The van der Waals surface area contributed by atoms with E-state index in [0.717, 1.165) is 28.6 Å². The SMILES string of the molecule is COC(=O)C(Nc1cccc(C)c1Br)C1CC1. The molecule has 0 aliphatic heterocycles. The van der Waals surface area contributed by atoms with Gasteiger partial charge >= 0.3 is 5.97 Å². The topological polar surface area (TPSA) is 38.3 Å². The van der Waals surface area contributed by atoms with Gasteiger partial charge in [-0.05, 0) is 53.2 Å². The van der Waals surface area contributed by atoms with E-state index in [0.29, 0.717) is 5.92 Å². The van der Waals surface area contributed by atoms with E-state index in [9.17, 15) is 4.79 Å². The van der Waals surface area contributed by atoms with Crippen molar-refractivity contribution in [2.75, 3.05) is 12.4 Å². The van der Waals surface area contributed by atoms with Crippen LogP contribution < -0.4 is 5.32 Å². The van der Waals surface area contributed by atoms with Gasteiger partial charge in [-0.15, -0.1) is 0 Å². The Morgan fingerprint density at radius 1 is 1.53 bits per heavy atom. The van der Waals surface area contributed by atoms with Crippen molar-refractivity contribution in [3.63, 3.8) is 0 Å². The minimum atomic E-state index is -0.224. The molecule has 1 atom stereocenters. The van der Waals surface area contributed by atoms with Crippen LogP contribution in [0.2, 0.25) is 0 Å². The summed E-state index contributed by atoms with van der Waals surface area (Å²) in [6.45, 7) is 2.03. The Morgan fingerprint density at radius 2 is 2.24 bits per heavy atom. The summed E-state index contributed by atoms with van der Waals surface area (Å²) >= 11 is 3.53. The van der Waals surface area contributed by atoms with Crippen LogP contribution in [0.15, 0.2) is 22.7 Å². The maximum atomic E-state index is 11.7. The predicted octanol–water partition coefficient (Wildman–Crippen LogP) is 3.12. The molecule has 1 saturated carbocycles. The van der Waals surface area contributed by atoms with Crippen molar-refractivity contribution in [2.45, 2.75) is 25.8 Å². The van der Waals surface area contributed by atoms with E-state index < -0.39 is 0 Å². The second-order valence-corrected chi connectivity index (χ2v) is 5.21. The largest absolute Gasteiger partial charge is 0.467 e. The number of benzene rings is 1. The van der Waals surface area contributed by atoms with Gasteiger partial charge in [-0.3, -0.25) is 0 Å². The lowest BCUT2D eigenvalue weighted by atomic mass is 10.1. The number of halogens is 1. The number of nitrogens with one attached hydrogen (secondary N) is 1. The number of methoxy groups -OCH3 is 1. The van der Waals surface area contributed by atoms with Gasteiger partial charge in [0, 0.05) is 10.2 Å². The third-order valence-corrected chi connectivity index (χ3v) is 4.10. The van der Waals surface area contributed by atoms with Crippen molar-refractivity contribution in [1.82, 2.24) is 0 Å². The summed E-state index contributed by atoms with van der Waals surface area (Å²) < 4.78 is 5.85. The van der Waals surface area contributed by atoms with Crippen LogP contribution in [-0.4, -0.2) is 19.1 Å². The van der Waals surface area contributed by atoms with Gasteiger partial charge in [0.05, 0.1) is 7.11 Å². The standard InChI is InChI=1S/C13H16BrNO2/c1-8-4-3-5-10(11(8)14)15-12(9-6-7-9)13(16)17-2/h3-5,9,12,15H,6-7H2,1-2H3. The molecule has 1 N–H and O–H groups in total. The van der Waals surface area contributed by atoms with E-state index in [1.807, 2.05) is 25.1 Å². The maximum absolute atomic E-state index is 11.7. The number of aryl methyl sites for hydroxylation is 1. The monoisotopic (exact) mass is 297 g/mol. The van der Waals surface area contributed by atoms with Gasteiger partial charge in [-0.25, -0.2) is 4.79 Å². The first-order chi connectivity index (χ1) is 8.13. The van der Waals surface area contributed by atoms with E-state index in [-0.39, 0.29) is 12.0 Å². The van der Waals surface area contributed by atoms with Gasteiger partial charge in [0.2, 0.25) is 0 Å². The number of anilines is 1. The molecule has 1 fully saturated rings. The Hall–Kier alpha value is -1.03.